The lowest BCUT2D eigenvalue weighted by Crippen LogP contribution is -2.32. The fourth-order valence-electron chi connectivity index (χ4n) is 7.82. The molecule has 8 aromatic rings. The average Bonchev–Trinajstić information content (AvgIpc) is 3.51. The van der Waals surface area contributed by atoms with E-state index in [1.165, 1.54) is 16.7 Å². The Morgan fingerprint density at radius 3 is 1.77 bits per heavy atom. The van der Waals surface area contributed by atoms with Gasteiger partial charge >= 0.3 is 0 Å². The molecule has 1 aromatic heterocycles. The largest absolute Gasteiger partial charge is 0.457 e. The van der Waals surface area contributed by atoms with Crippen LogP contribution in [0.4, 0.5) is 0 Å². The van der Waals surface area contributed by atoms with Crippen LogP contribution in [0.2, 0.25) is 0 Å². The van der Waals surface area contributed by atoms with Crippen LogP contribution in [0.1, 0.15) is 27.8 Å². The van der Waals surface area contributed by atoms with Crippen molar-refractivity contribution in [1.82, 2.24) is 15.0 Å². The van der Waals surface area contributed by atoms with Crippen LogP contribution < -0.4 is 4.74 Å². The Morgan fingerprint density at radius 1 is 0.481 bits per heavy atom. The monoisotopic (exact) mass is 662 g/mol. The third kappa shape index (κ3) is 4.47. The first kappa shape index (κ1) is 29.6. The maximum absolute atomic E-state index is 9.31. The Bertz CT molecular complexity index is 2680. The third-order valence-electron chi connectivity index (χ3n) is 10.1. The van der Waals surface area contributed by atoms with Crippen molar-refractivity contribution in [3.63, 3.8) is 0 Å². The van der Waals surface area contributed by atoms with Crippen LogP contribution in [-0.2, 0) is 5.41 Å². The van der Waals surface area contributed by atoms with Crippen LogP contribution >= 0.6 is 0 Å². The molecule has 0 saturated carbocycles. The number of ether oxygens (including phenoxy) is 1. The molecule has 1 aliphatic heterocycles. The second-order valence-electron chi connectivity index (χ2n) is 12.9. The van der Waals surface area contributed by atoms with Crippen LogP contribution in [0, 0.1) is 23.5 Å². The van der Waals surface area contributed by atoms with Gasteiger partial charge in [0.05, 0.1) is 17.0 Å². The summed E-state index contributed by atoms with van der Waals surface area (Å²) in [6.45, 7) is 0. The van der Waals surface area contributed by atoms with Crippen molar-refractivity contribution in [3.05, 3.63) is 198 Å². The number of benzene rings is 6. The Hall–Kier alpha value is -7.34. The molecule has 7 aromatic carbocycles. The molecular weight excluding hydrogens is 637 g/mol. The molecule has 5 nitrogen and oxygen atoms in total. The quantitative estimate of drug-likeness (QED) is 0.188. The van der Waals surface area contributed by atoms with E-state index in [2.05, 4.69) is 109 Å². The predicted octanol–water partition coefficient (Wildman–Crippen LogP) is 10.5. The van der Waals surface area contributed by atoms with Crippen molar-refractivity contribution in [2.45, 2.75) is 5.41 Å². The van der Waals surface area contributed by atoms with Crippen molar-refractivity contribution in [2.75, 3.05) is 0 Å². The third-order valence-corrected chi connectivity index (χ3v) is 10.1. The second-order valence-corrected chi connectivity index (χ2v) is 12.9. The lowest BCUT2D eigenvalue weighted by Gasteiger charge is -2.39. The van der Waals surface area contributed by atoms with Gasteiger partial charge in [-0.1, -0.05) is 115 Å². The van der Waals surface area contributed by atoms with E-state index < -0.39 is 5.41 Å². The minimum atomic E-state index is -0.605. The molecule has 5 heteroatoms. The van der Waals surface area contributed by atoms with E-state index in [-0.39, 0.29) is 0 Å². The molecule has 10 rings (SSSR count). The molecule has 52 heavy (non-hydrogen) atoms. The number of nitriles is 1. The van der Waals surface area contributed by atoms with Gasteiger partial charge in [-0.2, -0.15) is 5.26 Å². The van der Waals surface area contributed by atoms with Gasteiger partial charge in [-0.25, -0.2) is 15.0 Å². The van der Waals surface area contributed by atoms with Gasteiger partial charge in [0.15, 0.2) is 17.5 Å². The maximum Gasteiger partial charge on any atom is 0.164 e. The number of para-hydroxylation sites is 2. The van der Waals surface area contributed by atoms with E-state index in [1.807, 2.05) is 66.7 Å². The van der Waals surface area contributed by atoms with E-state index in [9.17, 15) is 5.26 Å². The zero-order valence-corrected chi connectivity index (χ0v) is 27.7. The summed E-state index contributed by atoms with van der Waals surface area (Å²) in [7, 11) is 0. The number of fused-ring (bicyclic) bond motifs is 9. The highest BCUT2D eigenvalue weighted by Gasteiger charge is 2.51. The molecule has 0 saturated heterocycles. The van der Waals surface area contributed by atoms with Gasteiger partial charge in [0, 0.05) is 27.8 Å². The maximum atomic E-state index is 9.31. The summed E-state index contributed by atoms with van der Waals surface area (Å²) in [6, 6.07) is 61.6. The lowest BCUT2D eigenvalue weighted by atomic mass is 9.66. The molecule has 0 atom stereocenters. The van der Waals surface area contributed by atoms with Crippen LogP contribution in [0.5, 0.6) is 11.5 Å². The lowest BCUT2D eigenvalue weighted by molar-refractivity contribution is 0.436. The molecule has 240 valence electrons. The standard InChI is InChI=1S/C47H26N4O/c48-29-30-21-23-31(24-22-30)33-13-10-14-34(27-33)45-49-44(32-11-2-1-3-12-32)50-46(51-45)35-25-26-37-36-15-4-5-16-38(36)47(41(37)28-35)39-17-6-8-19-42(39)52-43-20-9-7-18-40(43)47/h2,4-28H. The average molecular weight is 663 g/mol. The highest BCUT2D eigenvalue weighted by molar-refractivity contribution is 5.90. The topological polar surface area (TPSA) is 71.7 Å². The van der Waals surface area contributed by atoms with Crippen molar-refractivity contribution in [2.24, 2.45) is 0 Å². The molecule has 0 radical (unpaired) electrons. The smallest absolute Gasteiger partial charge is 0.164 e. The zero-order valence-electron chi connectivity index (χ0n) is 27.7. The molecule has 1 aliphatic carbocycles. The summed E-state index contributed by atoms with van der Waals surface area (Å²) < 4.78 is 6.54. The summed E-state index contributed by atoms with van der Waals surface area (Å²) >= 11 is 0. The molecule has 0 unspecified atom stereocenters. The Morgan fingerprint density at radius 2 is 1.08 bits per heavy atom. The minimum Gasteiger partial charge on any atom is -0.457 e. The normalized spacial score (nSPS) is 12.8. The van der Waals surface area contributed by atoms with Crippen molar-refractivity contribution < 1.29 is 4.74 Å². The number of rotatable bonds is 4. The van der Waals surface area contributed by atoms with E-state index in [0.29, 0.717) is 23.0 Å². The fourth-order valence-corrected chi connectivity index (χ4v) is 7.82. The first-order valence-corrected chi connectivity index (χ1v) is 17.1. The summed E-state index contributed by atoms with van der Waals surface area (Å²) in [5.74, 6) is 3.37. The summed E-state index contributed by atoms with van der Waals surface area (Å²) in [5, 5.41) is 9.31. The van der Waals surface area contributed by atoms with Gasteiger partial charge in [0.25, 0.3) is 0 Å². The van der Waals surface area contributed by atoms with E-state index >= 15 is 0 Å². The molecule has 2 heterocycles. The molecule has 2 aliphatic rings. The second kappa shape index (κ2) is 11.6. The van der Waals surface area contributed by atoms with Crippen molar-refractivity contribution >= 4 is 0 Å². The van der Waals surface area contributed by atoms with Crippen LogP contribution in [-0.4, -0.2) is 15.0 Å². The van der Waals surface area contributed by atoms with E-state index in [0.717, 1.165) is 56.0 Å². The first-order valence-electron chi connectivity index (χ1n) is 17.1. The fraction of sp³-hybridized carbons (Fsp3) is 0.0213. The first-order chi connectivity index (χ1) is 25.7. The highest BCUT2D eigenvalue weighted by Crippen LogP contribution is 2.62. The predicted molar refractivity (Wildman–Crippen MR) is 201 cm³/mol. The van der Waals surface area contributed by atoms with Crippen LogP contribution in [0.15, 0.2) is 158 Å². The summed E-state index contributed by atoms with van der Waals surface area (Å²) in [5.41, 5.74) is 11.5. The van der Waals surface area contributed by atoms with Gasteiger partial charge in [-0.05, 0) is 88.0 Å². The number of nitrogens with zero attached hydrogens (tertiary/aromatic N) is 4. The van der Waals surface area contributed by atoms with Gasteiger partial charge in [-0.3, -0.25) is 0 Å². The number of aromatic nitrogens is 3. The number of hydrogen-bond donors (Lipinski definition) is 0. The molecule has 0 N–H and O–H groups in total. The summed E-state index contributed by atoms with van der Waals surface area (Å²) in [6.07, 6.45) is 0. The number of hydrogen-bond acceptors (Lipinski definition) is 5. The highest BCUT2D eigenvalue weighted by atomic mass is 16.5. The Balaban J connectivity index is 1.19. The summed E-state index contributed by atoms with van der Waals surface area (Å²) in [4.78, 5) is 15.2. The van der Waals surface area contributed by atoms with Gasteiger partial charge in [0.2, 0.25) is 0 Å². The van der Waals surface area contributed by atoms with Crippen LogP contribution in [0.25, 0.3) is 56.4 Å². The van der Waals surface area contributed by atoms with Crippen molar-refractivity contribution in [1.29, 1.82) is 5.26 Å². The minimum absolute atomic E-state index is 0.550. The van der Waals surface area contributed by atoms with Crippen LogP contribution in [0.3, 0.4) is 0 Å². The van der Waals surface area contributed by atoms with Gasteiger partial charge < -0.3 is 4.74 Å². The Labute approximate surface area is 301 Å². The van der Waals surface area contributed by atoms with Gasteiger partial charge in [0.1, 0.15) is 11.5 Å². The molecule has 0 bridgehead atoms. The Kier molecular flexibility index (Phi) is 6.61. The molecule has 0 amide bonds. The molecule has 0 fully saturated rings. The molecule has 1 spiro atoms. The SMILES string of the molecule is N#Cc1ccc(-c2cccc(-c3nc(-c4cc#ccc4)nc(-c4ccc5c(c4)C4(c6ccccc6Oc6ccccc64)c4ccccc4-5)n3)c2)cc1. The van der Waals surface area contributed by atoms with Gasteiger partial charge in [-0.15, -0.1) is 0 Å². The zero-order chi connectivity index (χ0) is 34.6. The van der Waals surface area contributed by atoms with E-state index in [4.69, 9.17) is 19.7 Å². The molecular formula is C47H26N4O. The van der Waals surface area contributed by atoms with Crippen molar-refractivity contribution in [3.8, 4) is 74.0 Å². The van der Waals surface area contributed by atoms with E-state index in [1.54, 1.807) is 0 Å².